The first-order valence-corrected chi connectivity index (χ1v) is 5.63. The standard InChI is InChI=1S/C13H14N2S/c1-8-5-4-6-11(9(8)2)12-10(3)13(16)15-7-14-12/h4-7H,1-3H3,(H,14,15,16). The van der Waals surface area contributed by atoms with Crippen LogP contribution >= 0.6 is 12.2 Å². The summed E-state index contributed by atoms with van der Waals surface area (Å²) in [6.45, 7) is 6.24. The van der Waals surface area contributed by atoms with Crippen LogP contribution in [0, 0.1) is 25.4 Å². The molecule has 0 atom stereocenters. The molecule has 1 aromatic heterocycles. The average molecular weight is 230 g/mol. The van der Waals surface area contributed by atoms with Crippen molar-refractivity contribution < 1.29 is 0 Å². The van der Waals surface area contributed by atoms with Crippen LogP contribution in [0.2, 0.25) is 0 Å². The molecule has 0 fully saturated rings. The third-order valence-electron chi connectivity index (χ3n) is 2.96. The number of rotatable bonds is 1. The van der Waals surface area contributed by atoms with Crippen LogP contribution in [-0.4, -0.2) is 9.97 Å². The molecule has 2 aromatic rings. The summed E-state index contributed by atoms with van der Waals surface area (Å²) in [6, 6.07) is 6.29. The summed E-state index contributed by atoms with van der Waals surface area (Å²) in [5.74, 6) is 0. The maximum Gasteiger partial charge on any atom is 0.132 e. The summed E-state index contributed by atoms with van der Waals surface area (Å²) in [5.41, 5.74) is 5.87. The molecule has 82 valence electrons. The second-order valence-corrected chi connectivity index (χ2v) is 4.34. The molecule has 0 spiro atoms. The predicted octanol–water partition coefficient (Wildman–Crippen LogP) is 3.73. The number of H-pyrrole nitrogens is 1. The maximum absolute atomic E-state index is 5.19. The van der Waals surface area contributed by atoms with Gasteiger partial charge >= 0.3 is 0 Å². The Morgan fingerprint density at radius 2 is 1.88 bits per heavy atom. The van der Waals surface area contributed by atoms with Crippen LogP contribution in [-0.2, 0) is 0 Å². The fourth-order valence-electron chi connectivity index (χ4n) is 1.77. The van der Waals surface area contributed by atoms with Crippen LogP contribution in [0.4, 0.5) is 0 Å². The molecule has 1 N–H and O–H groups in total. The Labute approximate surface area is 100 Å². The van der Waals surface area contributed by atoms with E-state index in [4.69, 9.17) is 12.2 Å². The molecule has 16 heavy (non-hydrogen) atoms. The van der Waals surface area contributed by atoms with Crippen molar-refractivity contribution in [1.29, 1.82) is 0 Å². The largest absolute Gasteiger partial charge is 0.346 e. The maximum atomic E-state index is 5.19. The molecular weight excluding hydrogens is 216 g/mol. The van der Waals surface area contributed by atoms with Crippen molar-refractivity contribution in [3.63, 3.8) is 0 Å². The van der Waals surface area contributed by atoms with E-state index in [1.165, 1.54) is 16.7 Å². The molecule has 2 rings (SSSR count). The lowest BCUT2D eigenvalue weighted by atomic mass is 9.99. The van der Waals surface area contributed by atoms with Gasteiger partial charge in [0.2, 0.25) is 0 Å². The topological polar surface area (TPSA) is 28.7 Å². The SMILES string of the molecule is Cc1cccc(-c2[nH]cnc(=S)c2C)c1C. The minimum Gasteiger partial charge on any atom is -0.346 e. The van der Waals surface area contributed by atoms with E-state index in [1.807, 2.05) is 6.92 Å². The number of nitrogens with zero attached hydrogens (tertiary/aromatic N) is 1. The molecule has 0 saturated carbocycles. The molecule has 0 aliphatic carbocycles. The molecule has 0 amide bonds. The Hall–Kier alpha value is -1.48. The monoisotopic (exact) mass is 230 g/mol. The van der Waals surface area contributed by atoms with Gasteiger partial charge in [-0.1, -0.05) is 30.4 Å². The summed E-state index contributed by atoms with van der Waals surface area (Å²) >= 11 is 5.19. The van der Waals surface area contributed by atoms with Gasteiger partial charge in [0, 0.05) is 11.1 Å². The Morgan fingerprint density at radius 1 is 1.12 bits per heavy atom. The van der Waals surface area contributed by atoms with E-state index in [0.29, 0.717) is 4.64 Å². The first-order chi connectivity index (χ1) is 7.61. The van der Waals surface area contributed by atoms with Crippen LogP contribution < -0.4 is 0 Å². The van der Waals surface area contributed by atoms with Gasteiger partial charge in [-0.25, -0.2) is 4.98 Å². The fourth-order valence-corrected chi connectivity index (χ4v) is 1.92. The van der Waals surface area contributed by atoms with E-state index in [0.717, 1.165) is 11.3 Å². The van der Waals surface area contributed by atoms with E-state index in [-0.39, 0.29) is 0 Å². The zero-order valence-corrected chi connectivity index (χ0v) is 10.5. The van der Waals surface area contributed by atoms with Crippen molar-refractivity contribution in [2.24, 2.45) is 0 Å². The summed E-state index contributed by atoms with van der Waals surface area (Å²) in [7, 11) is 0. The van der Waals surface area contributed by atoms with E-state index in [9.17, 15) is 0 Å². The van der Waals surface area contributed by atoms with E-state index < -0.39 is 0 Å². The van der Waals surface area contributed by atoms with Gasteiger partial charge in [0.05, 0.1) is 12.0 Å². The molecule has 1 aromatic carbocycles. The number of aryl methyl sites for hydroxylation is 1. The highest BCUT2D eigenvalue weighted by Crippen LogP contribution is 2.25. The lowest BCUT2D eigenvalue weighted by molar-refractivity contribution is 1.11. The first kappa shape index (κ1) is 11.0. The number of nitrogens with one attached hydrogen (secondary N) is 1. The lowest BCUT2D eigenvalue weighted by Gasteiger charge is -2.10. The van der Waals surface area contributed by atoms with E-state index in [1.54, 1.807) is 6.33 Å². The molecule has 2 nitrogen and oxygen atoms in total. The zero-order chi connectivity index (χ0) is 11.7. The fraction of sp³-hybridized carbons (Fsp3) is 0.231. The summed E-state index contributed by atoms with van der Waals surface area (Å²) in [6.07, 6.45) is 1.66. The highest BCUT2D eigenvalue weighted by Gasteiger charge is 2.07. The minimum absolute atomic E-state index is 0.662. The van der Waals surface area contributed by atoms with Crippen molar-refractivity contribution >= 4 is 12.2 Å². The number of hydrogen-bond acceptors (Lipinski definition) is 2. The Kier molecular flexibility index (Phi) is 2.88. The van der Waals surface area contributed by atoms with Crippen LogP contribution in [0.3, 0.4) is 0 Å². The molecule has 0 radical (unpaired) electrons. The van der Waals surface area contributed by atoms with Gasteiger partial charge in [-0.15, -0.1) is 0 Å². The highest BCUT2D eigenvalue weighted by atomic mass is 32.1. The average Bonchev–Trinajstić information content (AvgIpc) is 2.27. The molecular formula is C13H14N2S. The highest BCUT2D eigenvalue weighted by molar-refractivity contribution is 7.71. The van der Waals surface area contributed by atoms with E-state index >= 15 is 0 Å². The first-order valence-electron chi connectivity index (χ1n) is 5.22. The quantitative estimate of drug-likeness (QED) is 0.756. The van der Waals surface area contributed by atoms with Gasteiger partial charge in [-0.2, -0.15) is 0 Å². The molecule has 0 bridgehead atoms. The van der Waals surface area contributed by atoms with Gasteiger partial charge in [-0.05, 0) is 31.9 Å². The molecule has 0 unspecified atom stereocenters. The molecule has 0 saturated heterocycles. The van der Waals surface area contributed by atoms with Gasteiger partial charge < -0.3 is 4.98 Å². The molecule has 0 aliphatic heterocycles. The van der Waals surface area contributed by atoms with E-state index in [2.05, 4.69) is 42.0 Å². The van der Waals surface area contributed by atoms with Crippen molar-refractivity contribution in [1.82, 2.24) is 9.97 Å². The molecule has 0 aliphatic rings. The zero-order valence-electron chi connectivity index (χ0n) is 9.66. The Bertz CT molecular complexity index is 585. The number of aromatic nitrogens is 2. The lowest BCUT2D eigenvalue weighted by Crippen LogP contribution is -1.94. The van der Waals surface area contributed by atoms with Crippen LogP contribution in [0.25, 0.3) is 11.3 Å². The smallest absolute Gasteiger partial charge is 0.132 e. The van der Waals surface area contributed by atoms with Gasteiger partial charge in [-0.3, -0.25) is 0 Å². The normalized spacial score (nSPS) is 10.4. The third kappa shape index (κ3) is 1.78. The van der Waals surface area contributed by atoms with Crippen molar-refractivity contribution in [2.75, 3.05) is 0 Å². The number of hydrogen-bond donors (Lipinski definition) is 1. The van der Waals surface area contributed by atoms with Crippen molar-refractivity contribution in [3.8, 4) is 11.3 Å². The van der Waals surface area contributed by atoms with Crippen molar-refractivity contribution in [3.05, 3.63) is 45.9 Å². The summed E-state index contributed by atoms with van der Waals surface area (Å²) in [5, 5.41) is 0. The van der Waals surface area contributed by atoms with Crippen LogP contribution in [0.15, 0.2) is 24.5 Å². The summed E-state index contributed by atoms with van der Waals surface area (Å²) < 4.78 is 0.662. The molecule has 3 heteroatoms. The van der Waals surface area contributed by atoms with Gasteiger partial charge in [0.25, 0.3) is 0 Å². The second kappa shape index (κ2) is 4.18. The minimum atomic E-state index is 0.662. The van der Waals surface area contributed by atoms with Gasteiger partial charge in [0.1, 0.15) is 4.64 Å². The number of benzene rings is 1. The van der Waals surface area contributed by atoms with Crippen molar-refractivity contribution in [2.45, 2.75) is 20.8 Å². The molecule has 1 heterocycles. The third-order valence-corrected chi connectivity index (χ3v) is 3.37. The Balaban J connectivity index is 2.73. The van der Waals surface area contributed by atoms with Crippen LogP contribution in [0.1, 0.15) is 16.7 Å². The Morgan fingerprint density at radius 3 is 2.62 bits per heavy atom. The summed E-state index contributed by atoms with van der Waals surface area (Å²) in [4.78, 5) is 7.26. The van der Waals surface area contributed by atoms with Crippen LogP contribution in [0.5, 0.6) is 0 Å². The van der Waals surface area contributed by atoms with Gasteiger partial charge in [0.15, 0.2) is 0 Å². The predicted molar refractivity (Wildman–Crippen MR) is 69.1 cm³/mol. The number of aromatic amines is 1. The second-order valence-electron chi connectivity index (χ2n) is 3.96.